The first kappa shape index (κ1) is 15.3. The summed E-state index contributed by atoms with van der Waals surface area (Å²) in [5.74, 6) is 0.168. The molecule has 0 saturated heterocycles. The first-order chi connectivity index (χ1) is 8.84. The minimum Gasteiger partial charge on any atom is -0.491 e. The van der Waals surface area contributed by atoms with Crippen LogP contribution in [0.3, 0.4) is 0 Å². The van der Waals surface area contributed by atoms with E-state index in [0.717, 1.165) is 12.1 Å². The number of hydrogen-bond donors (Lipinski definition) is 1. The highest BCUT2D eigenvalue weighted by Gasteiger charge is 2.31. The summed E-state index contributed by atoms with van der Waals surface area (Å²) >= 11 is 0. The number of nitriles is 1. The molecule has 1 aromatic carbocycles. The van der Waals surface area contributed by atoms with Gasteiger partial charge in [0, 0.05) is 12.6 Å². The number of alkyl halides is 3. The van der Waals surface area contributed by atoms with Crippen LogP contribution in [0.25, 0.3) is 0 Å². The minimum atomic E-state index is -4.46. The zero-order chi connectivity index (χ0) is 14.5. The first-order valence-electron chi connectivity index (χ1n) is 5.82. The SMILES string of the molecule is CC(C)NCCOc1ccc(C(F)(F)F)cc1C#N. The molecule has 0 amide bonds. The van der Waals surface area contributed by atoms with Gasteiger partial charge in [0.05, 0.1) is 11.1 Å². The Morgan fingerprint density at radius 2 is 2.05 bits per heavy atom. The van der Waals surface area contributed by atoms with Crippen LogP contribution in [0.4, 0.5) is 13.2 Å². The lowest BCUT2D eigenvalue weighted by atomic mass is 10.1. The number of ether oxygens (including phenoxy) is 1. The Balaban J connectivity index is 2.72. The van der Waals surface area contributed by atoms with Crippen molar-refractivity contribution in [3.8, 4) is 11.8 Å². The molecule has 0 saturated carbocycles. The summed E-state index contributed by atoms with van der Waals surface area (Å²) in [7, 11) is 0. The van der Waals surface area contributed by atoms with Gasteiger partial charge >= 0.3 is 6.18 Å². The molecule has 0 atom stereocenters. The molecule has 0 bridgehead atoms. The normalized spacial score (nSPS) is 11.4. The average molecular weight is 272 g/mol. The van der Waals surface area contributed by atoms with Crippen molar-refractivity contribution in [1.82, 2.24) is 5.32 Å². The Bertz CT molecular complexity index is 464. The molecule has 1 aromatic rings. The molecule has 0 fully saturated rings. The molecule has 104 valence electrons. The van der Waals surface area contributed by atoms with Crippen LogP contribution in [0.1, 0.15) is 25.0 Å². The second kappa shape index (κ2) is 6.43. The van der Waals surface area contributed by atoms with Crippen molar-refractivity contribution in [2.24, 2.45) is 0 Å². The number of nitrogens with zero attached hydrogens (tertiary/aromatic N) is 1. The molecule has 0 aliphatic heterocycles. The lowest BCUT2D eigenvalue weighted by Crippen LogP contribution is -2.27. The van der Waals surface area contributed by atoms with E-state index in [2.05, 4.69) is 5.32 Å². The standard InChI is InChI=1S/C13H15F3N2O/c1-9(2)18-5-6-19-12-4-3-11(13(14,15)16)7-10(12)8-17/h3-4,7,9,18H,5-6H2,1-2H3. The highest BCUT2D eigenvalue weighted by molar-refractivity contribution is 5.46. The van der Waals surface area contributed by atoms with Crippen molar-refractivity contribution in [3.05, 3.63) is 29.3 Å². The number of halogens is 3. The van der Waals surface area contributed by atoms with Crippen molar-refractivity contribution in [2.75, 3.05) is 13.2 Å². The molecule has 0 aliphatic rings. The average Bonchev–Trinajstić information content (AvgIpc) is 2.33. The fraction of sp³-hybridized carbons (Fsp3) is 0.462. The second-order valence-corrected chi connectivity index (χ2v) is 4.28. The van der Waals surface area contributed by atoms with Crippen molar-refractivity contribution < 1.29 is 17.9 Å². The Labute approximate surface area is 110 Å². The maximum atomic E-state index is 12.5. The minimum absolute atomic E-state index is 0.112. The number of nitrogens with one attached hydrogen (secondary N) is 1. The van der Waals surface area contributed by atoms with E-state index < -0.39 is 11.7 Å². The van der Waals surface area contributed by atoms with Gasteiger partial charge in [-0.25, -0.2) is 0 Å². The van der Waals surface area contributed by atoms with Gasteiger partial charge in [-0.15, -0.1) is 0 Å². The molecule has 0 aliphatic carbocycles. The zero-order valence-corrected chi connectivity index (χ0v) is 10.7. The molecule has 0 aromatic heterocycles. The molecule has 0 unspecified atom stereocenters. The summed E-state index contributed by atoms with van der Waals surface area (Å²) in [6.07, 6.45) is -4.46. The van der Waals surface area contributed by atoms with Gasteiger partial charge in [0.1, 0.15) is 18.4 Å². The van der Waals surface area contributed by atoms with Crippen molar-refractivity contribution in [3.63, 3.8) is 0 Å². The molecule has 0 heterocycles. The van der Waals surface area contributed by atoms with Gasteiger partial charge in [0.15, 0.2) is 0 Å². The molecule has 0 radical (unpaired) electrons. The van der Waals surface area contributed by atoms with E-state index in [4.69, 9.17) is 10.00 Å². The third kappa shape index (κ3) is 4.79. The quantitative estimate of drug-likeness (QED) is 0.838. The van der Waals surface area contributed by atoms with Gasteiger partial charge in [-0.1, -0.05) is 13.8 Å². The van der Waals surface area contributed by atoms with Crippen LogP contribution < -0.4 is 10.1 Å². The lowest BCUT2D eigenvalue weighted by molar-refractivity contribution is -0.137. The van der Waals surface area contributed by atoms with Crippen LogP contribution in [0.2, 0.25) is 0 Å². The molecular formula is C13H15F3N2O. The van der Waals surface area contributed by atoms with Crippen LogP contribution in [0.5, 0.6) is 5.75 Å². The smallest absolute Gasteiger partial charge is 0.416 e. The third-order valence-corrected chi connectivity index (χ3v) is 2.34. The van der Waals surface area contributed by atoms with Crippen molar-refractivity contribution in [2.45, 2.75) is 26.1 Å². The summed E-state index contributed by atoms with van der Waals surface area (Å²) in [5, 5.41) is 11.9. The maximum absolute atomic E-state index is 12.5. The summed E-state index contributed by atoms with van der Waals surface area (Å²) in [5.41, 5.74) is -0.962. The highest BCUT2D eigenvalue weighted by atomic mass is 19.4. The van der Waals surface area contributed by atoms with Gasteiger partial charge in [0.25, 0.3) is 0 Å². The van der Waals surface area contributed by atoms with Crippen molar-refractivity contribution in [1.29, 1.82) is 5.26 Å². The van der Waals surface area contributed by atoms with E-state index in [9.17, 15) is 13.2 Å². The van der Waals surface area contributed by atoms with Crippen LogP contribution in [-0.4, -0.2) is 19.2 Å². The Morgan fingerprint density at radius 3 is 2.58 bits per heavy atom. The summed E-state index contributed by atoms with van der Waals surface area (Å²) in [6.45, 7) is 4.79. The summed E-state index contributed by atoms with van der Waals surface area (Å²) in [6, 6.07) is 4.89. The van der Waals surface area contributed by atoms with E-state index in [1.807, 2.05) is 13.8 Å². The van der Waals surface area contributed by atoms with Gasteiger partial charge in [-0.3, -0.25) is 0 Å². The molecule has 6 heteroatoms. The summed E-state index contributed by atoms with van der Waals surface area (Å²) in [4.78, 5) is 0. The maximum Gasteiger partial charge on any atom is 0.416 e. The van der Waals surface area contributed by atoms with Crippen molar-refractivity contribution >= 4 is 0 Å². The fourth-order valence-electron chi connectivity index (χ4n) is 1.43. The predicted octanol–water partition coefficient (Wildman–Crippen LogP) is 2.95. The van der Waals surface area contributed by atoms with Gasteiger partial charge < -0.3 is 10.1 Å². The number of hydrogen-bond acceptors (Lipinski definition) is 3. The van der Waals surface area contributed by atoms with Crippen LogP contribution in [-0.2, 0) is 6.18 Å². The van der Waals surface area contributed by atoms with Gasteiger partial charge in [-0.2, -0.15) is 18.4 Å². The van der Waals surface area contributed by atoms with Gasteiger partial charge in [0.2, 0.25) is 0 Å². The van der Waals surface area contributed by atoms with E-state index in [1.54, 1.807) is 6.07 Å². The number of benzene rings is 1. The molecule has 0 spiro atoms. The van der Waals surface area contributed by atoms with E-state index in [0.29, 0.717) is 12.6 Å². The Kier molecular flexibility index (Phi) is 5.19. The molecular weight excluding hydrogens is 257 g/mol. The van der Waals surface area contributed by atoms with E-state index >= 15 is 0 Å². The van der Waals surface area contributed by atoms with Crippen LogP contribution >= 0.6 is 0 Å². The lowest BCUT2D eigenvalue weighted by Gasteiger charge is -2.12. The van der Waals surface area contributed by atoms with E-state index in [1.165, 1.54) is 6.07 Å². The summed E-state index contributed by atoms with van der Waals surface area (Å²) < 4.78 is 42.7. The van der Waals surface area contributed by atoms with Crippen LogP contribution in [0.15, 0.2) is 18.2 Å². The largest absolute Gasteiger partial charge is 0.491 e. The second-order valence-electron chi connectivity index (χ2n) is 4.28. The van der Waals surface area contributed by atoms with Crippen LogP contribution in [0, 0.1) is 11.3 Å². The molecule has 1 N–H and O–H groups in total. The number of rotatable bonds is 5. The molecule has 1 rings (SSSR count). The molecule has 3 nitrogen and oxygen atoms in total. The fourth-order valence-corrected chi connectivity index (χ4v) is 1.43. The Hall–Kier alpha value is -1.74. The topological polar surface area (TPSA) is 45.0 Å². The highest BCUT2D eigenvalue weighted by Crippen LogP contribution is 2.32. The first-order valence-corrected chi connectivity index (χ1v) is 5.82. The van der Waals surface area contributed by atoms with Gasteiger partial charge in [-0.05, 0) is 18.2 Å². The monoisotopic (exact) mass is 272 g/mol. The third-order valence-electron chi connectivity index (χ3n) is 2.34. The molecule has 19 heavy (non-hydrogen) atoms. The van der Waals surface area contributed by atoms with E-state index in [-0.39, 0.29) is 17.9 Å². The Morgan fingerprint density at radius 1 is 1.37 bits per heavy atom. The zero-order valence-electron chi connectivity index (χ0n) is 10.7. The predicted molar refractivity (Wildman–Crippen MR) is 64.8 cm³/mol.